The van der Waals surface area contributed by atoms with Crippen LogP contribution in [0.25, 0.3) is 0 Å². The number of hydrogen-bond acceptors (Lipinski definition) is 4. The van der Waals surface area contributed by atoms with Gasteiger partial charge in [-0.1, -0.05) is 11.6 Å². The Morgan fingerprint density at radius 3 is 2.96 bits per heavy atom. The predicted octanol–water partition coefficient (Wildman–Crippen LogP) is 1.83. The molecule has 0 saturated carbocycles. The van der Waals surface area contributed by atoms with Crippen LogP contribution in [-0.4, -0.2) is 35.3 Å². The van der Waals surface area contributed by atoms with Gasteiger partial charge in [0.2, 0.25) is 0 Å². The van der Waals surface area contributed by atoms with Gasteiger partial charge in [-0.15, -0.1) is 0 Å². The van der Waals surface area contributed by atoms with E-state index in [1.54, 1.807) is 19.3 Å². The fraction of sp³-hybridized carbons (Fsp3) is 0.353. The lowest BCUT2D eigenvalue weighted by Crippen LogP contribution is -2.31. The molecule has 25 heavy (non-hydrogen) atoms. The highest BCUT2D eigenvalue weighted by atomic mass is 35.5. The third-order valence-corrected chi connectivity index (χ3v) is 4.64. The SMILES string of the molecule is Cn1ncc(N2CC[C@@H](CNC(=O)c3ccc(F)cc3Cl)C2)cc1=O. The number of anilines is 1. The topological polar surface area (TPSA) is 67.2 Å². The van der Waals surface area contributed by atoms with Crippen LogP contribution in [0.4, 0.5) is 10.1 Å². The summed E-state index contributed by atoms with van der Waals surface area (Å²) in [7, 11) is 1.61. The lowest BCUT2D eigenvalue weighted by molar-refractivity contribution is 0.0948. The Hall–Kier alpha value is -2.41. The molecule has 1 aliphatic rings. The van der Waals surface area contributed by atoms with Crippen LogP contribution in [0.5, 0.6) is 0 Å². The molecule has 0 bridgehead atoms. The molecule has 0 aliphatic carbocycles. The highest BCUT2D eigenvalue weighted by molar-refractivity contribution is 6.33. The zero-order valence-corrected chi connectivity index (χ0v) is 14.5. The lowest BCUT2D eigenvalue weighted by Gasteiger charge is -2.18. The third kappa shape index (κ3) is 3.99. The second kappa shape index (κ2) is 7.23. The molecule has 1 aliphatic heterocycles. The Balaban J connectivity index is 1.57. The number of carbonyl (C=O) groups is 1. The van der Waals surface area contributed by atoms with E-state index in [-0.39, 0.29) is 28.0 Å². The van der Waals surface area contributed by atoms with Gasteiger partial charge in [0.1, 0.15) is 5.82 Å². The van der Waals surface area contributed by atoms with Crippen molar-refractivity contribution in [2.75, 3.05) is 24.5 Å². The number of rotatable bonds is 4. The van der Waals surface area contributed by atoms with E-state index in [9.17, 15) is 14.0 Å². The first-order valence-corrected chi connectivity index (χ1v) is 8.33. The molecule has 2 heterocycles. The van der Waals surface area contributed by atoms with Gasteiger partial charge in [-0.2, -0.15) is 5.10 Å². The molecule has 1 aromatic heterocycles. The lowest BCUT2D eigenvalue weighted by atomic mass is 10.1. The van der Waals surface area contributed by atoms with E-state index in [2.05, 4.69) is 15.3 Å². The van der Waals surface area contributed by atoms with E-state index in [4.69, 9.17) is 11.6 Å². The number of aryl methyl sites for hydroxylation is 1. The number of aromatic nitrogens is 2. The summed E-state index contributed by atoms with van der Waals surface area (Å²) >= 11 is 5.90. The molecule has 1 fully saturated rings. The van der Waals surface area contributed by atoms with Gasteiger partial charge in [-0.3, -0.25) is 9.59 Å². The summed E-state index contributed by atoms with van der Waals surface area (Å²) in [6.45, 7) is 2.01. The Labute approximate surface area is 149 Å². The summed E-state index contributed by atoms with van der Waals surface area (Å²) in [5.41, 5.74) is 0.896. The Bertz CT molecular complexity index is 855. The van der Waals surface area contributed by atoms with Crippen molar-refractivity contribution in [2.45, 2.75) is 6.42 Å². The maximum Gasteiger partial charge on any atom is 0.268 e. The summed E-state index contributed by atoms with van der Waals surface area (Å²) in [5.74, 6) is -0.540. The highest BCUT2D eigenvalue weighted by Crippen LogP contribution is 2.22. The van der Waals surface area contributed by atoms with Crippen molar-refractivity contribution in [1.82, 2.24) is 15.1 Å². The number of halogens is 2. The van der Waals surface area contributed by atoms with Crippen LogP contribution < -0.4 is 15.8 Å². The average molecular weight is 365 g/mol. The molecule has 1 amide bonds. The molecule has 1 N–H and O–H groups in total. The first-order valence-electron chi connectivity index (χ1n) is 7.95. The number of benzene rings is 1. The normalized spacial score (nSPS) is 16.9. The van der Waals surface area contributed by atoms with Gasteiger partial charge in [-0.05, 0) is 30.5 Å². The standard InChI is InChI=1S/C17H18ClFN4O2/c1-22-16(24)7-13(9-21-22)23-5-4-11(10-23)8-20-17(25)14-3-2-12(19)6-15(14)18/h2-3,6-7,9,11H,4-5,8,10H2,1H3,(H,20,25)/t11-/m0/s1. The summed E-state index contributed by atoms with van der Waals surface area (Å²) in [4.78, 5) is 25.9. The van der Waals surface area contributed by atoms with Crippen LogP contribution in [0.3, 0.4) is 0 Å². The minimum atomic E-state index is -0.476. The maximum atomic E-state index is 13.0. The van der Waals surface area contributed by atoms with Gasteiger partial charge in [0, 0.05) is 32.7 Å². The van der Waals surface area contributed by atoms with Crippen molar-refractivity contribution in [1.29, 1.82) is 0 Å². The van der Waals surface area contributed by atoms with Crippen molar-refractivity contribution in [3.63, 3.8) is 0 Å². The van der Waals surface area contributed by atoms with Crippen molar-refractivity contribution in [3.8, 4) is 0 Å². The third-order valence-electron chi connectivity index (χ3n) is 4.33. The summed E-state index contributed by atoms with van der Waals surface area (Å²) in [6, 6.07) is 5.27. The number of carbonyl (C=O) groups excluding carboxylic acids is 1. The average Bonchev–Trinajstić information content (AvgIpc) is 3.04. The Kier molecular flexibility index (Phi) is 5.03. The number of nitrogens with one attached hydrogen (secondary N) is 1. The number of amides is 1. The van der Waals surface area contributed by atoms with Crippen molar-refractivity contribution < 1.29 is 9.18 Å². The molecule has 2 aromatic rings. The fourth-order valence-electron chi connectivity index (χ4n) is 2.87. The molecule has 6 nitrogen and oxygen atoms in total. The quantitative estimate of drug-likeness (QED) is 0.898. The first-order chi connectivity index (χ1) is 11.9. The van der Waals surface area contributed by atoms with Crippen molar-refractivity contribution in [3.05, 3.63) is 57.2 Å². The molecular formula is C17H18ClFN4O2. The highest BCUT2D eigenvalue weighted by Gasteiger charge is 2.24. The van der Waals surface area contributed by atoms with Crippen LogP contribution in [0.15, 0.2) is 35.3 Å². The molecule has 0 spiro atoms. The van der Waals surface area contributed by atoms with E-state index in [0.717, 1.165) is 31.3 Å². The van der Waals surface area contributed by atoms with Gasteiger partial charge >= 0.3 is 0 Å². The van der Waals surface area contributed by atoms with Crippen LogP contribution >= 0.6 is 11.6 Å². The van der Waals surface area contributed by atoms with Gasteiger partial charge in [0.25, 0.3) is 11.5 Å². The number of hydrogen-bond donors (Lipinski definition) is 1. The van der Waals surface area contributed by atoms with Gasteiger partial charge in [0.05, 0.1) is 22.5 Å². The molecule has 8 heteroatoms. The Morgan fingerprint density at radius 2 is 2.24 bits per heavy atom. The number of nitrogens with zero attached hydrogens (tertiary/aromatic N) is 3. The van der Waals surface area contributed by atoms with Crippen molar-refractivity contribution in [2.24, 2.45) is 13.0 Å². The largest absolute Gasteiger partial charge is 0.370 e. The molecule has 132 valence electrons. The second-order valence-electron chi connectivity index (χ2n) is 6.11. The smallest absolute Gasteiger partial charge is 0.268 e. The predicted molar refractivity (Wildman–Crippen MR) is 93.5 cm³/mol. The molecule has 1 saturated heterocycles. The van der Waals surface area contributed by atoms with E-state index in [0.29, 0.717) is 6.54 Å². The minimum absolute atomic E-state index is 0.0942. The van der Waals surface area contributed by atoms with E-state index in [1.807, 2.05) is 0 Å². The van der Waals surface area contributed by atoms with Crippen LogP contribution in [-0.2, 0) is 7.05 Å². The van der Waals surface area contributed by atoms with Gasteiger partial charge in [0.15, 0.2) is 0 Å². The summed E-state index contributed by atoms with van der Waals surface area (Å²) in [6.07, 6.45) is 2.56. The van der Waals surface area contributed by atoms with Crippen LogP contribution in [0.2, 0.25) is 5.02 Å². The maximum absolute atomic E-state index is 13.0. The molecule has 3 rings (SSSR count). The van der Waals surface area contributed by atoms with E-state index in [1.165, 1.54) is 16.8 Å². The monoisotopic (exact) mass is 364 g/mol. The summed E-state index contributed by atoms with van der Waals surface area (Å²) < 4.78 is 14.3. The molecule has 0 radical (unpaired) electrons. The van der Waals surface area contributed by atoms with Crippen LogP contribution in [0.1, 0.15) is 16.8 Å². The van der Waals surface area contributed by atoms with E-state index >= 15 is 0 Å². The van der Waals surface area contributed by atoms with E-state index < -0.39 is 5.82 Å². The Morgan fingerprint density at radius 1 is 1.44 bits per heavy atom. The summed E-state index contributed by atoms with van der Waals surface area (Å²) in [5, 5.41) is 6.96. The fourth-order valence-corrected chi connectivity index (χ4v) is 3.13. The zero-order chi connectivity index (χ0) is 18.0. The molecular weight excluding hydrogens is 347 g/mol. The van der Waals surface area contributed by atoms with Crippen molar-refractivity contribution >= 4 is 23.2 Å². The molecule has 1 aromatic carbocycles. The second-order valence-corrected chi connectivity index (χ2v) is 6.52. The minimum Gasteiger partial charge on any atom is -0.370 e. The van der Waals surface area contributed by atoms with Gasteiger partial charge < -0.3 is 10.2 Å². The zero-order valence-electron chi connectivity index (χ0n) is 13.7. The molecule has 0 unspecified atom stereocenters. The first kappa shape index (κ1) is 17.4. The molecule has 1 atom stereocenters. The van der Waals surface area contributed by atoms with Crippen LogP contribution in [0, 0.1) is 11.7 Å². The van der Waals surface area contributed by atoms with Gasteiger partial charge in [-0.25, -0.2) is 9.07 Å².